The summed E-state index contributed by atoms with van der Waals surface area (Å²) in [4.78, 5) is 0. The number of anilines is 1. The number of nitrogens with zero attached hydrogens (tertiary/aromatic N) is 1. The van der Waals surface area contributed by atoms with Crippen LogP contribution in [0.15, 0.2) is 23.3 Å². The minimum absolute atomic E-state index is 0.123. The summed E-state index contributed by atoms with van der Waals surface area (Å²) < 4.78 is 0. The van der Waals surface area contributed by atoms with Gasteiger partial charge in [-0.15, -0.1) is 0 Å². The average Bonchev–Trinajstić information content (AvgIpc) is 2.32. The van der Waals surface area contributed by atoms with Crippen LogP contribution in [0.25, 0.3) is 0 Å². The van der Waals surface area contributed by atoms with Gasteiger partial charge in [0, 0.05) is 18.0 Å². The van der Waals surface area contributed by atoms with Crippen molar-refractivity contribution in [1.82, 2.24) is 5.43 Å². The van der Waals surface area contributed by atoms with Crippen molar-refractivity contribution in [2.24, 2.45) is 16.9 Å². The molecular weight excluding hydrogens is 214 g/mol. The van der Waals surface area contributed by atoms with Crippen molar-refractivity contribution in [2.75, 3.05) is 12.3 Å². The zero-order valence-electron chi connectivity index (χ0n) is 10.3. The maximum atomic E-state index is 9.66. The Bertz CT molecular complexity index is 442. The van der Waals surface area contributed by atoms with E-state index >= 15 is 0 Å². The molecule has 92 valence electrons. The SMILES string of the molecule is CCC1C(c2ccc(N)c(O)c2)=NNCC1C. The Morgan fingerprint density at radius 2 is 2.29 bits per heavy atom. The second-order valence-electron chi connectivity index (χ2n) is 4.62. The Morgan fingerprint density at radius 1 is 1.53 bits per heavy atom. The lowest BCUT2D eigenvalue weighted by molar-refractivity contribution is 0.392. The second kappa shape index (κ2) is 4.65. The number of benzene rings is 1. The first-order chi connectivity index (χ1) is 8.13. The fourth-order valence-electron chi connectivity index (χ4n) is 2.35. The number of hydrogen-bond donors (Lipinski definition) is 3. The summed E-state index contributed by atoms with van der Waals surface area (Å²) in [5, 5.41) is 14.0. The smallest absolute Gasteiger partial charge is 0.139 e. The summed E-state index contributed by atoms with van der Waals surface area (Å²) in [5.41, 5.74) is 11.0. The molecule has 0 radical (unpaired) electrons. The van der Waals surface area contributed by atoms with Gasteiger partial charge in [-0.3, -0.25) is 0 Å². The highest BCUT2D eigenvalue weighted by Gasteiger charge is 2.26. The standard InChI is InChI=1S/C13H19N3O/c1-3-10-8(2)7-15-16-13(10)9-4-5-11(14)12(17)6-9/h4-6,8,10,15,17H,3,7,14H2,1-2H3. The van der Waals surface area contributed by atoms with Crippen LogP contribution in [0.5, 0.6) is 5.75 Å². The van der Waals surface area contributed by atoms with Gasteiger partial charge >= 0.3 is 0 Å². The summed E-state index contributed by atoms with van der Waals surface area (Å²) in [6, 6.07) is 5.33. The molecule has 1 aromatic rings. The van der Waals surface area contributed by atoms with Crippen LogP contribution >= 0.6 is 0 Å². The van der Waals surface area contributed by atoms with E-state index in [2.05, 4.69) is 24.4 Å². The number of rotatable bonds is 2. The van der Waals surface area contributed by atoms with Crippen LogP contribution in [0.2, 0.25) is 0 Å². The molecule has 0 saturated heterocycles. The van der Waals surface area contributed by atoms with E-state index in [0.29, 0.717) is 17.5 Å². The number of aromatic hydroxyl groups is 1. The van der Waals surface area contributed by atoms with Gasteiger partial charge < -0.3 is 16.3 Å². The van der Waals surface area contributed by atoms with Gasteiger partial charge in [0.15, 0.2) is 0 Å². The maximum Gasteiger partial charge on any atom is 0.139 e. The van der Waals surface area contributed by atoms with Crippen molar-refractivity contribution in [3.8, 4) is 5.75 Å². The van der Waals surface area contributed by atoms with Crippen LogP contribution in [-0.4, -0.2) is 17.4 Å². The number of nitrogen functional groups attached to an aromatic ring is 1. The number of hydrogen-bond acceptors (Lipinski definition) is 4. The molecule has 4 heteroatoms. The number of hydrazone groups is 1. The highest BCUT2D eigenvalue weighted by molar-refractivity contribution is 6.03. The molecule has 2 rings (SSSR count). The largest absolute Gasteiger partial charge is 0.506 e. The number of nitrogens with two attached hydrogens (primary N) is 1. The molecule has 1 aliphatic heterocycles. The molecular formula is C13H19N3O. The van der Waals surface area contributed by atoms with E-state index in [-0.39, 0.29) is 5.75 Å². The van der Waals surface area contributed by atoms with Crippen LogP contribution < -0.4 is 11.2 Å². The van der Waals surface area contributed by atoms with Crippen LogP contribution in [0, 0.1) is 11.8 Å². The first-order valence-corrected chi connectivity index (χ1v) is 6.02. The van der Waals surface area contributed by atoms with E-state index in [9.17, 15) is 5.11 Å². The highest BCUT2D eigenvalue weighted by atomic mass is 16.3. The molecule has 4 nitrogen and oxygen atoms in total. The Labute approximate surface area is 102 Å². The van der Waals surface area contributed by atoms with Gasteiger partial charge in [0.25, 0.3) is 0 Å². The predicted octanol–water partition coefficient (Wildman–Crippen LogP) is 1.94. The topological polar surface area (TPSA) is 70.6 Å². The molecule has 1 heterocycles. The molecule has 0 bridgehead atoms. The molecule has 17 heavy (non-hydrogen) atoms. The zero-order valence-corrected chi connectivity index (χ0v) is 10.3. The van der Waals surface area contributed by atoms with E-state index in [1.54, 1.807) is 12.1 Å². The molecule has 1 aromatic carbocycles. The lowest BCUT2D eigenvalue weighted by atomic mass is 9.83. The Kier molecular flexibility index (Phi) is 3.22. The van der Waals surface area contributed by atoms with Gasteiger partial charge in [0.05, 0.1) is 11.4 Å². The maximum absolute atomic E-state index is 9.66. The Hall–Kier alpha value is -1.71. The van der Waals surface area contributed by atoms with Gasteiger partial charge in [-0.25, -0.2) is 0 Å². The molecule has 2 unspecified atom stereocenters. The fourth-order valence-corrected chi connectivity index (χ4v) is 2.35. The van der Waals surface area contributed by atoms with Gasteiger partial charge in [0.2, 0.25) is 0 Å². The van der Waals surface area contributed by atoms with Crippen LogP contribution in [0.4, 0.5) is 5.69 Å². The molecule has 0 saturated carbocycles. The summed E-state index contributed by atoms with van der Waals surface area (Å²) >= 11 is 0. The number of phenolic OH excluding ortho intramolecular Hbond substituents is 1. The van der Waals surface area contributed by atoms with Gasteiger partial charge in [-0.05, 0) is 24.5 Å². The minimum Gasteiger partial charge on any atom is -0.506 e. The fraction of sp³-hybridized carbons (Fsp3) is 0.462. The molecule has 0 amide bonds. The normalized spacial score (nSPS) is 24.0. The summed E-state index contributed by atoms with van der Waals surface area (Å²) in [5.74, 6) is 1.10. The monoisotopic (exact) mass is 233 g/mol. The van der Waals surface area contributed by atoms with Crippen LogP contribution in [-0.2, 0) is 0 Å². The Morgan fingerprint density at radius 3 is 2.94 bits per heavy atom. The van der Waals surface area contributed by atoms with E-state index < -0.39 is 0 Å². The average molecular weight is 233 g/mol. The molecule has 0 aliphatic carbocycles. The van der Waals surface area contributed by atoms with Crippen molar-refractivity contribution < 1.29 is 5.11 Å². The molecule has 0 aromatic heterocycles. The number of phenols is 1. The minimum atomic E-state index is 0.123. The summed E-state index contributed by atoms with van der Waals surface area (Å²) in [6.07, 6.45) is 1.05. The summed E-state index contributed by atoms with van der Waals surface area (Å²) in [7, 11) is 0. The van der Waals surface area contributed by atoms with Crippen LogP contribution in [0.1, 0.15) is 25.8 Å². The molecule has 4 N–H and O–H groups in total. The molecule has 0 fully saturated rings. The highest BCUT2D eigenvalue weighted by Crippen LogP contribution is 2.27. The predicted molar refractivity (Wildman–Crippen MR) is 70.0 cm³/mol. The van der Waals surface area contributed by atoms with E-state index in [4.69, 9.17) is 5.73 Å². The molecule has 1 aliphatic rings. The summed E-state index contributed by atoms with van der Waals surface area (Å²) in [6.45, 7) is 5.29. The second-order valence-corrected chi connectivity index (χ2v) is 4.62. The van der Waals surface area contributed by atoms with Crippen molar-refractivity contribution in [2.45, 2.75) is 20.3 Å². The van der Waals surface area contributed by atoms with Gasteiger partial charge in [-0.1, -0.05) is 19.9 Å². The Balaban J connectivity index is 2.37. The van der Waals surface area contributed by atoms with Crippen molar-refractivity contribution >= 4 is 11.4 Å². The lowest BCUT2D eigenvalue weighted by Crippen LogP contribution is -2.35. The van der Waals surface area contributed by atoms with Crippen LogP contribution in [0.3, 0.4) is 0 Å². The van der Waals surface area contributed by atoms with Gasteiger partial charge in [-0.2, -0.15) is 5.10 Å². The number of nitrogens with one attached hydrogen (secondary N) is 1. The third-order valence-corrected chi connectivity index (χ3v) is 3.42. The molecule has 2 atom stereocenters. The van der Waals surface area contributed by atoms with Crippen molar-refractivity contribution in [1.29, 1.82) is 0 Å². The third kappa shape index (κ3) is 2.20. The van der Waals surface area contributed by atoms with Crippen molar-refractivity contribution in [3.63, 3.8) is 0 Å². The van der Waals surface area contributed by atoms with Gasteiger partial charge in [0.1, 0.15) is 5.75 Å². The molecule has 0 spiro atoms. The zero-order chi connectivity index (χ0) is 12.4. The first-order valence-electron chi connectivity index (χ1n) is 6.02. The van der Waals surface area contributed by atoms with E-state index in [0.717, 1.165) is 24.2 Å². The van der Waals surface area contributed by atoms with E-state index in [1.165, 1.54) is 0 Å². The van der Waals surface area contributed by atoms with Crippen molar-refractivity contribution in [3.05, 3.63) is 23.8 Å². The third-order valence-electron chi connectivity index (χ3n) is 3.42. The quantitative estimate of drug-likeness (QED) is 0.540. The lowest BCUT2D eigenvalue weighted by Gasteiger charge is -2.29. The first kappa shape index (κ1) is 11.8. The van der Waals surface area contributed by atoms with E-state index in [1.807, 2.05) is 6.07 Å².